The Morgan fingerprint density at radius 2 is 1.78 bits per heavy atom. The molecule has 1 fully saturated rings. The fraction of sp³-hybridized carbons (Fsp3) is 0.200. The van der Waals surface area contributed by atoms with E-state index in [1.807, 2.05) is 30.3 Å². The zero-order chi connectivity index (χ0) is 28.5. The molecule has 1 saturated heterocycles. The van der Waals surface area contributed by atoms with Gasteiger partial charge in [0.05, 0.1) is 18.7 Å². The summed E-state index contributed by atoms with van der Waals surface area (Å²) >= 11 is 1.17. The predicted molar refractivity (Wildman–Crippen MR) is 151 cm³/mol. The van der Waals surface area contributed by atoms with Crippen molar-refractivity contribution in [2.24, 2.45) is 0 Å². The van der Waals surface area contributed by atoms with Crippen molar-refractivity contribution in [1.29, 1.82) is 0 Å². The minimum absolute atomic E-state index is 0.0977. The summed E-state index contributed by atoms with van der Waals surface area (Å²) in [6.07, 6.45) is 0. The Balaban J connectivity index is 1.44. The second-order valence-electron chi connectivity index (χ2n) is 9.32. The molecule has 4 aromatic rings. The third-order valence-electron chi connectivity index (χ3n) is 6.72. The fourth-order valence-electron chi connectivity index (χ4n) is 4.78. The lowest BCUT2D eigenvalue weighted by Crippen LogP contribution is -2.29. The molecule has 6 rings (SSSR count). The van der Waals surface area contributed by atoms with Gasteiger partial charge >= 0.3 is 5.91 Å². The highest BCUT2D eigenvalue weighted by molar-refractivity contribution is 7.15. The van der Waals surface area contributed by atoms with Crippen molar-refractivity contribution in [3.8, 4) is 23.0 Å². The number of hydrogen-bond acceptors (Lipinski definition) is 10. The first-order chi connectivity index (χ1) is 19.9. The van der Waals surface area contributed by atoms with Gasteiger partial charge in [0, 0.05) is 5.56 Å². The van der Waals surface area contributed by atoms with Gasteiger partial charge in [-0.2, -0.15) is 0 Å². The molecule has 208 valence electrons. The molecule has 2 aliphatic heterocycles. The molecule has 3 aromatic carbocycles. The summed E-state index contributed by atoms with van der Waals surface area (Å²) in [5, 5.41) is 20.5. The van der Waals surface area contributed by atoms with Crippen LogP contribution in [0.15, 0.2) is 72.3 Å². The lowest BCUT2D eigenvalue weighted by atomic mass is 9.95. The number of Topliss-reactive ketones (excluding diaryl/α,β-unsaturated/α-hetero) is 1. The molecule has 10 nitrogen and oxygen atoms in total. The van der Waals surface area contributed by atoms with E-state index in [9.17, 15) is 14.7 Å². The van der Waals surface area contributed by atoms with E-state index in [-0.39, 0.29) is 16.5 Å². The van der Waals surface area contributed by atoms with Crippen LogP contribution in [-0.2, 0) is 16.2 Å². The van der Waals surface area contributed by atoms with E-state index >= 15 is 0 Å². The van der Waals surface area contributed by atoms with Crippen molar-refractivity contribution in [3.63, 3.8) is 0 Å². The van der Waals surface area contributed by atoms with Crippen LogP contribution in [-0.4, -0.2) is 47.3 Å². The van der Waals surface area contributed by atoms with Crippen molar-refractivity contribution in [2.75, 3.05) is 25.2 Å². The zero-order valence-electron chi connectivity index (χ0n) is 22.2. The Hall–Kier alpha value is -4.90. The highest BCUT2D eigenvalue weighted by Crippen LogP contribution is 2.45. The largest absolute Gasteiger partial charge is 0.507 e. The van der Waals surface area contributed by atoms with Crippen molar-refractivity contribution in [2.45, 2.75) is 19.6 Å². The summed E-state index contributed by atoms with van der Waals surface area (Å²) in [7, 11) is 1.51. The van der Waals surface area contributed by atoms with Gasteiger partial charge < -0.3 is 24.1 Å². The number of aliphatic hydroxyl groups excluding tert-OH is 1. The van der Waals surface area contributed by atoms with Gasteiger partial charge in [-0.15, -0.1) is 10.2 Å². The monoisotopic (exact) mass is 571 g/mol. The number of benzene rings is 3. The molecular formula is C30H25N3O7S. The number of aryl methyl sites for hydroxylation is 1. The van der Waals surface area contributed by atoms with Crippen LogP contribution in [0.25, 0.3) is 5.76 Å². The van der Waals surface area contributed by atoms with Crippen molar-refractivity contribution in [1.82, 2.24) is 10.2 Å². The van der Waals surface area contributed by atoms with E-state index in [0.29, 0.717) is 59.0 Å². The maximum atomic E-state index is 13.5. The third-order valence-corrected chi connectivity index (χ3v) is 7.56. The van der Waals surface area contributed by atoms with E-state index in [0.717, 1.165) is 5.56 Å². The van der Waals surface area contributed by atoms with E-state index < -0.39 is 17.7 Å². The number of amides is 1. The molecule has 2 aliphatic rings. The Labute approximate surface area is 239 Å². The highest BCUT2D eigenvalue weighted by Gasteiger charge is 2.48. The first-order valence-corrected chi connectivity index (χ1v) is 13.6. The van der Waals surface area contributed by atoms with Crippen LogP contribution in [0.2, 0.25) is 0 Å². The second-order valence-corrected chi connectivity index (χ2v) is 10.5. The predicted octanol–water partition coefficient (Wildman–Crippen LogP) is 4.83. The summed E-state index contributed by atoms with van der Waals surface area (Å²) in [6, 6.07) is 18.7. The van der Waals surface area contributed by atoms with Gasteiger partial charge in [-0.25, -0.2) is 0 Å². The van der Waals surface area contributed by atoms with E-state index in [4.69, 9.17) is 18.9 Å². The molecule has 1 aromatic heterocycles. The SMILES string of the molecule is COc1cc(C2C(=C(O)c3ccc4c(c3)OCCO4)C(=O)C(=O)N2c2nnc(C)s2)ccc1OCc1ccccc1. The number of nitrogens with zero attached hydrogens (tertiary/aromatic N) is 3. The van der Waals surface area contributed by atoms with Crippen LogP contribution in [0.4, 0.5) is 5.13 Å². The average molecular weight is 572 g/mol. The molecule has 1 atom stereocenters. The maximum absolute atomic E-state index is 13.5. The number of aliphatic hydroxyl groups is 1. The number of rotatable bonds is 7. The lowest BCUT2D eigenvalue weighted by molar-refractivity contribution is -0.132. The van der Waals surface area contributed by atoms with Crippen molar-refractivity contribution < 1.29 is 33.6 Å². The quantitative estimate of drug-likeness (QED) is 0.189. The topological polar surface area (TPSA) is 120 Å². The van der Waals surface area contributed by atoms with Gasteiger partial charge in [0.25, 0.3) is 5.78 Å². The Morgan fingerprint density at radius 3 is 2.51 bits per heavy atom. The molecule has 41 heavy (non-hydrogen) atoms. The van der Waals surface area contributed by atoms with Gasteiger partial charge in [0.1, 0.15) is 30.6 Å². The molecule has 0 saturated carbocycles. The van der Waals surface area contributed by atoms with Crippen LogP contribution in [0.1, 0.15) is 27.7 Å². The number of ether oxygens (including phenoxy) is 4. The Kier molecular flexibility index (Phi) is 7.02. The summed E-state index contributed by atoms with van der Waals surface area (Å²) in [4.78, 5) is 28.2. The number of fused-ring (bicyclic) bond motifs is 1. The normalized spacial score (nSPS) is 17.5. The van der Waals surface area contributed by atoms with Gasteiger partial charge in [-0.1, -0.05) is 47.7 Å². The first-order valence-electron chi connectivity index (χ1n) is 12.8. The molecule has 0 radical (unpaired) electrons. The van der Waals surface area contributed by atoms with Crippen LogP contribution in [0, 0.1) is 6.92 Å². The Bertz CT molecular complexity index is 1670. The molecule has 1 N–H and O–H groups in total. The summed E-state index contributed by atoms with van der Waals surface area (Å²) in [5.74, 6) is -0.172. The van der Waals surface area contributed by atoms with Gasteiger partial charge in [-0.3, -0.25) is 14.5 Å². The van der Waals surface area contributed by atoms with E-state index in [1.54, 1.807) is 43.3 Å². The molecule has 0 bridgehead atoms. The van der Waals surface area contributed by atoms with Crippen molar-refractivity contribution in [3.05, 3.63) is 94.0 Å². The first kappa shape index (κ1) is 26.3. The minimum Gasteiger partial charge on any atom is -0.507 e. The molecular weight excluding hydrogens is 546 g/mol. The number of carbonyl (C=O) groups is 2. The number of carbonyl (C=O) groups excluding carboxylic acids is 2. The number of methoxy groups -OCH3 is 1. The van der Waals surface area contributed by atoms with E-state index in [2.05, 4.69) is 10.2 Å². The zero-order valence-corrected chi connectivity index (χ0v) is 23.0. The highest BCUT2D eigenvalue weighted by atomic mass is 32.1. The van der Waals surface area contributed by atoms with Crippen LogP contribution in [0.3, 0.4) is 0 Å². The minimum atomic E-state index is -1.01. The molecule has 0 spiro atoms. The number of anilines is 1. The summed E-state index contributed by atoms with van der Waals surface area (Å²) in [5.41, 5.74) is 1.71. The van der Waals surface area contributed by atoms with Crippen LogP contribution >= 0.6 is 11.3 Å². The molecule has 0 aliphatic carbocycles. The molecule has 11 heteroatoms. The third kappa shape index (κ3) is 4.95. The smallest absolute Gasteiger partial charge is 0.301 e. The molecule has 1 amide bonds. The number of ketones is 1. The van der Waals surface area contributed by atoms with Gasteiger partial charge in [0.2, 0.25) is 5.13 Å². The summed E-state index contributed by atoms with van der Waals surface area (Å²) in [6.45, 7) is 2.85. The van der Waals surface area contributed by atoms with Crippen LogP contribution < -0.4 is 23.8 Å². The lowest BCUT2D eigenvalue weighted by Gasteiger charge is -2.24. The fourth-order valence-corrected chi connectivity index (χ4v) is 5.50. The maximum Gasteiger partial charge on any atom is 0.301 e. The Morgan fingerprint density at radius 1 is 1.00 bits per heavy atom. The van der Waals surface area contributed by atoms with Gasteiger partial charge in [-0.05, 0) is 48.4 Å². The second kappa shape index (κ2) is 10.9. The molecule has 3 heterocycles. The van der Waals surface area contributed by atoms with E-state index in [1.165, 1.54) is 23.3 Å². The summed E-state index contributed by atoms with van der Waals surface area (Å²) < 4.78 is 22.9. The molecule has 1 unspecified atom stereocenters. The van der Waals surface area contributed by atoms with Crippen LogP contribution in [0.5, 0.6) is 23.0 Å². The number of hydrogen-bond donors (Lipinski definition) is 1. The standard InChI is InChI=1S/C30H25N3O7S/c1-17-31-32-30(41-17)33-26(19-8-10-21(23(14-19)37-2)40-16-18-6-4-3-5-7-18)25(28(35)29(33)36)27(34)20-9-11-22-24(15-20)39-13-12-38-22/h3-11,14-15,26,34H,12-13,16H2,1-2H3. The van der Waals surface area contributed by atoms with Gasteiger partial charge in [0.15, 0.2) is 23.0 Å². The number of aromatic nitrogens is 2. The average Bonchev–Trinajstić information content (AvgIpc) is 3.55. The van der Waals surface area contributed by atoms with Crippen molar-refractivity contribution >= 4 is 33.9 Å².